The van der Waals surface area contributed by atoms with E-state index in [-0.39, 0.29) is 5.82 Å². The Hall–Kier alpha value is -2.72. The number of aromatic nitrogens is 2. The third kappa shape index (κ3) is 5.67. The van der Waals surface area contributed by atoms with Gasteiger partial charge in [0, 0.05) is 36.6 Å². The SMILES string of the molecule is CCONC/C(C=N)=C/NCc1ccc(-c2noc(C(F)(F)F)n2)cc1. The number of hydrogen-bond acceptors (Lipinski definition) is 7. The molecule has 0 bridgehead atoms. The van der Waals surface area contributed by atoms with Crippen LogP contribution in [-0.4, -0.2) is 29.5 Å². The second kappa shape index (κ2) is 9.11. The Balaban J connectivity index is 1.93. The van der Waals surface area contributed by atoms with Gasteiger partial charge in [-0.25, -0.2) is 0 Å². The zero-order chi connectivity index (χ0) is 19.0. The van der Waals surface area contributed by atoms with Crippen molar-refractivity contribution in [3.05, 3.63) is 47.5 Å². The Morgan fingerprint density at radius 1 is 1.31 bits per heavy atom. The fourth-order valence-corrected chi connectivity index (χ4v) is 1.91. The largest absolute Gasteiger partial charge is 0.471 e. The second-order valence-corrected chi connectivity index (χ2v) is 5.12. The minimum atomic E-state index is -4.66. The average molecular weight is 369 g/mol. The van der Waals surface area contributed by atoms with Gasteiger partial charge in [0.15, 0.2) is 0 Å². The summed E-state index contributed by atoms with van der Waals surface area (Å²) >= 11 is 0. The molecule has 3 N–H and O–H groups in total. The van der Waals surface area contributed by atoms with Crippen LogP contribution >= 0.6 is 0 Å². The van der Waals surface area contributed by atoms with Gasteiger partial charge >= 0.3 is 12.1 Å². The van der Waals surface area contributed by atoms with Crippen LogP contribution in [0.2, 0.25) is 0 Å². The third-order valence-electron chi connectivity index (χ3n) is 3.18. The van der Waals surface area contributed by atoms with Gasteiger partial charge < -0.3 is 20.1 Å². The van der Waals surface area contributed by atoms with Crippen molar-refractivity contribution in [2.24, 2.45) is 0 Å². The van der Waals surface area contributed by atoms with Crippen LogP contribution < -0.4 is 10.8 Å². The number of rotatable bonds is 9. The van der Waals surface area contributed by atoms with Crippen LogP contribution in [0, 0.1) is 5.41 Å². The van der Waals surface area contributed by atoms with E-state index in [9.17, 15) is 13.2 Å². The molecule has 0 aliphatic heterocycles. The molecule has 140 valence electrons. The minimum absolute atomic E-state index is 0.121. The van der Waals surface area contributed by atoms with Crippen molar-refractivity contribution in [3.8, 4) is 11.4 Å². The Labute approximate surface area is 147 Å². The maximum atomic E-state index is 12.5. The minimum Gasteiger partial charge on any atom is -0.387 e. The first-order chi connectivity index (χ1) is 12.4. The van der Waals surface area contributed by atoms with E-state index in [4.69, 9.17) is 10.2 Å². The van der Waals surface area contributed by atoms with Gasteiger partial charge in [-0.1, -0.05) is 29.4 Å². The van der Waals surface area contributed by atoms with Gasteiger partial charge in [-0.15, -0.1) is 0 Å². The predicted octanol–water partition coefficient (Wildman–Crippen LogP) is 2.92. The Morgan fingerprint density at radius 2 is 2.04 bits per heavy atom. The van der Waals surface area contributed by atoms with Crippen LogP contribution in [0.15, 0.2) is 40.6 Å². The highest BCUT2D eigenvalue weighted by Crippen LogP contribution is 2.29. The van der Waals surface area contributed by atoms with Gasteiger partial charge in [0.2, 0.25) is 5.82 Å². The summed E-state index contributed by atoms with van der Waals surface area (Å²) in [6.45, 7) is 3.24. The van der Waals surface area contributed by atoms with E-state index in [1.54, 1.807) is 30.5 Å². The molecule has 0 fully saturated rings. The van der Waals surface area contributed by atoms with Crippen molar-refractivity contribution in [3.63, 3.8) is 0 Å². The van der Waals surface area contributed by atoms with Crippen LogP contribution in [0.1, 0.15) is 18.4 Å². The number of halogens is 3. The number of hydrogen-bond donors (Lipinski definition) is 3. The van der Waals surface area contributed by atoms with Gasteiger partial charge in [-0.05, 0) is 12.5 Å². The summed E-state index contributed by atoms with van der Waals surface area (Å²) in [5.41, 5.74) is 4.72. The van der Waals surface area contributed by atoms with Crippen LogP contribution in [0.3, 0.4) is 0 Å². The fourth-order valence-electron chi connectivity index (χ4n) is 1.91. The van der Waals surface area contributed by atoms with Crippen LogP contribution in [0.25, 0.3) is 11.4 Å². The molecule has 0 aliphatic carbocycles. The summed E-state index contributed by atoms with van der Waals surface area (Å²) in [6.07, 6.45) is -1.77. The Morgan fingerprint density at radius 3 is 2.62 bits per heavy atom. The van der Waals surface area contributed by atoms with E-state index >= 15 is 0 Å². The van der Waals surface area contributed by atoms with Crippen molar-refractivity contribution >= 4 is 6.21 Å². The first kappa shape index (κ1) is 19.6. The topological polar surface area (TPSA) is 96.1 Å². The van der Waals surface area contributed by atoms with E-state index in [1.807, 2.05) is 6.92 Å². The molecule has 2 aromatic rings. The lowest BCUT2D eigenvalue weighted by Crippen LogP contribution is -2.19. The van der Waals surface area contributed by atoms with Crippen LogP contribution in [0.5, 0.6) is 0 Å². The molecule has 1 aromatic carbocycles. The van der Waals surface area contributed by atoms with E-state index in [0.29, 0.717) is 30.8 Å². The molecule has 0 radical (unpaired) electrons. The van der Waals surface area contributed by atoms with Gasteiger partial charge in [0.1, 0.15) is 0 Å². The molecule has 0 amide bonds. The summed E-state index contributed by atoms with van der Waals surface area (Å²) in [4.78, 5) is 8.34. The standard InChI is InChI=1S/C16H18F3N5O2/c1-2-25-22-10-12(7-20)9-21-8-11-3-5-13(6-4-11)14-23-15(26-24-14)16(17,18)19/h3-7,9,20-22H,2,8,10H2,1H3/b12-9+,20-7?. The van der Waals surface area contributed by atoms with E-state index < -0.39 is 12.1 Å². The fraction of sp³-hybridized carbons (Fsp3) is 0.312. The van der Waals surface area contributed by atoms with Crippen molar-refractivity contribution in [1.82, 2.24) is 20.9 Å². The number of alkyl halides is 3. The van der Waals surface area contributed by atoms with Gasteiger partial charge in [0.25, 0.3) is 0 Å². The molecule has 10 heteroatoms. The molecule has 0 unspecified atom stereocenters. The van der Waals surface area contributed by atoms with Gasteiger partial charge in [-0.3, -0.25) is 0 Å². The third-order valence-corrected chi connectivity index (χ3v) is 3.18. The van der Waals surface area contributed by atoms with E-state index in [2.05, 4.69) is 25.5 Å². The summed E-state index contributed by atoms with van der Waals surface area (Å²) in [5, 5.41) is 13.7. The number of hydroxylamine groups is 1. The van der Waals surface area contributed by atoms with Crippen molar-refractivity contribution in [2.75, 3.05) is 13.2 Å². The van der Waals surface area contributed by atoms with Crippen LogP contribution in [-0.2, 0) is 17.6 Å². The normalized spacial score (nSPS) is 12.2. The average Bonchev–Trinajstić information content (AvgIpc) is 3.11. The van der Waals surface area contributed by atoms with Crippen LogP contribution in [0.4, 0.5) is 13.2 Å². The quantitative estimate of drug-likeness (QED) is 0.357. The lowest BCUT2D eigenvalue weighted by Gasteiger charge is -2.06. The number of nitrogens with one attached hydrogen (secondary N) is 3. The summed E-state index contributed by atoms with van der Waals surface area (Å²) in [5.74, 6) is -1.49. The molecular formula is C16H18F3N5O2. The van der Waals surface area contributed by atoms with E-state index in [0.717, 1.165) is 5.56 Å². The highest BCUT2D eigenvalue weighted by atomic mass is 19.4. The van der Waals surface area contributed by atoms with Crippen molar-refractivity contribution in [1.29, 1.82) is 5.41 Å². The summed E-state index contributed by atoms with van der Waals surface area (Å²) < 4.78 is 41.6. The molecule has 26 heavy (non-hydrogen) atoms. The Kier molecular flexibility index (Phi) is 6.87. The van der Waals surface area contributed by atoms with E-state index in [1.165, 1.54) is 6.21 Å². The maximum Gasteiger partial charge on any atom is 0.471 e. The predicted molar refractivity (Wildman–Crippen MR) is 88.1 cm³/mol. The molecule has 0 spiro atoms. The van der Waals surface area contributed by atoms with Crippen molar-refractivity contribution in [2.45, 2.75) is 19.6 Å². The lowest BCUT2D eigenvalue weighted by atomic mass is 10.1. The molecule has 1 heterocycles. The molecule has 0 atom stereocenters. The zero-order valence-corrected chi connectivity index (χ0v) is 13.9. The monoisotopic (exact) mass is 369 g/mol. The number of nitrogens with zero attached hydrogens (tertiary/aromatic N) is 2. The molecular weight excluding hydrogens is 351 g/mol. The molecule has 7 nitrogen and oxygen atoms in total. The van der Waals surface area contributed by atoms with Gasteiger partial charge in [-0.2, -0.15) is 23.6 Å². The molecule has 2 rings (SSSR count). The molecule has 0 aliphatic rings. The smallest absolute Gasteiger partial charge is 0.387 e. The summed E-state index contributed by atoms with van der Waals surface area (Å²) in [6, 6.07) is 6.70. The molecule has 0 saturated carbocycles. The van der Waals surface area contributed by atoms with Gasteiger partial charge in [0.05, 0.1) is 6.61 Å². The maximum absolute atomic E-state index is 12.5. The highest BCUT2D eigenvalue weighted by Gasteiger charge is 2.38. The molecule has 1 aromatic heterocycles. The lowest BCUT2D eigenvalue weighted by molar-refractivity contribution is -0.159. The first-order valence-corrected chi connectivity index (χ1v) is 7.71. The second-order valence-electron chi connectivity index (χ2n) is 5.12. The summed E-state index contributed by atoms with van der Waals surface area (Å²) in [7, 11) is 0. The van der Waals surface area contributed by atoms with Crippen molar-refractivity contribution < 1.29 is 22.5 Å². The highest BCUT2D eigenvalue weighted by molar-refractivity contribution is 5.75. The number of benzene rings is 1. The zero-order valence-electron chi connectivity index (χ0n) is 13.9. The first-order valence-electron chi connectivity index (χ1n) is 7.71. The molecule has 0 saturated heterocycles. The Bertz CT molecular complexity index is 741.